The number of imide groups is 1. The Kier molecular flexibility index (Phi) is 5.99. The maximum absolute atomic E-state index is 12.7. The van der Waals surface area contributed by atoms with E-state index in [9.17, 15) is 9.59 Å². The molecule has 0 aliphatic carbocycles. The number of methoxy groups -OCH3 is 2. The largest absolute Gasteiger partial charge is 0.497 e. The van der Waals surface area contributed by atoms with Crippen molar-refractivity contribution in [3.05, 3.63) is 62.5 Å². The lowest BCUT2D eigenvalue weighted by atomic mass is 10.1. The van der Waals surface area contributed by atoms with Crippen LogP contribution in [0.5, 0.6) is 11.5 Å². The molecule has 3 rings (SSSR count). The Morgan fingerprint density at radius 3 is 2.19 bits per heavy atom. The summed E-state index contributed by atoms with van der Waals surface area (Å²) in [7, 11) is 3.08. The standard InChI is InChI=1S/C19H15Cl2NO4S/c1-25-12-6-11(7-13(9-12)26-2)8-17-18(23)22(19(24)27-17)10-14-15(20)4-3-5-16(14)21/h3-9H,10H2,1-2H3. The van der Waals surface area contributed by atoms with E-state index in [1.807, 2.05) is 0 Å². The van der Waals surface area contributed by atoms with Gasteiger partial charge in [0.15, 0.2) is 0 Å². The van der Waals surface area contributed by atoms with E-state index in [-0.39, 0.29) is 11.8 Å². The molecule has 1 aliphatic rings. The maximum atomic E-state index is 12.7. The number of ether oxygens (including phenoxy) is 2. The number of amides is 2. The number of hydrogen-bond donors (Lipinski definition) is 0. The van der Waals surface area contributed by atoms with Gasteiger partial charge in [0.25, 0.3) is 11.1 Å². The van der Waals surface area contributed by atoms with E-state index in [1.54, 1.807) is 56.7 Å². The van der Waals surface area contributed by atoms with E-state index in [1.165, 1.54) is 0 Å². The highest BCUT2D eigenvalue weighted by atomic mass is 35.5. The Morgan fingerprint density at radius 2 is 1.63 bits per heavy atom. The van der Waals surface area contributed by atoms with Gasteiger partial charge in [-0.25, -0.2) is 0 Å². The molecule has 0 spiro atoms. The Bertz CT molecular complexity index is 903. The van der Waals surface area contributed by atoms with Gasteiger partial charge in [-0.3, -0.25) is 14.5 Å². The van der Waals surface area contributed by atoms with Gasteiger partial charge in [-0.2, -0.15) is 0 Å². The molecule has 2 amide bonds. The first-order valence-corrected chi connectivity index (χ1v) is 9.41. The molecule has 0 atom stereocenters. The second-order valence-corrected chi connectivity index (χ2v) is 7.42. The maximum Gasteiger partial charge on any atom is 0.293 e. The van der Waals surface area contributed by atoms with Gasteiger partial charge in [0, 0.05) is 21.7 Å². The first-order chi connectivity index (χ1) is 12.9. The summed E-state index contributed by atoms with van der Waals surface area (Å²) in [6.07, 6.45) is 1.63. The number of benzene rings is 2. The molecule has 5 nitrogen and oxygen atoms in total. The molecule has 0 radical (unpaired) electrons. The zero-order valence-corrected chi connectivity index (χ0v) is 16.8. The van der Waals surface area contributed by atoms with Gasteiger partial charge in [0.1, 0.15) is 11.5 Å². The van der Waals surface area contributed by atoms with Gasteiger partial charge in [-0.15, -0.1) is 0 Å². The summed E-state index contributed by atoms with van der Waals surface area (Å²) in [5.74, 6) is 0.771. The number of thioether (sulfide) groups is 1. The van der Waals surface area contributed by atoms with E-state index in [0.29, 0.717) is 37.6 Å². The van der Waals surface area contributed by atoms with Gasteiger partial charge in [-0.05, 0) is 47.7 Å². The predicted molar refractivity (Wildman–Crippen MR) is 108 cm³/mol. The monoisotopic (exact) mass is 423 g/mol. The third-order valence-corrected chi connectivity index (χ3v) is 5.54. The van der Waals surface area contributed by atoms with Crippen molar-refractivity contribution in [2.75, 3.05) is 14.2 Å². The molecular weight excluding hydrogens is 409 g/mol. The first-order valence-electron chi connectivity index (χ1n) is 7.84. The van der Waals surface area contributed by atoms with Gasteiger partial charge in [0.2, 0.25) is 0 Å². The molecule has 0 saturated carbocycles. The lowest BCUT2D eigenvalue weighted by Crippen LogP contribution is -2.27. The zero-order valence-electron chi connectivity index (χ0n) is 14.5. The van der Waals surface area contributed by atoms with Crippen LogP contribution >= 0.6 is 35.0 Å². The average molecular weight is 424 g/mol. The van der Waals surface area contributed by atoms with Crippen LogP contribution in [-0.2, 0) is 11.3 Å². The fourth-order valence-corrected chi connectivity index (χ4v) is 3.90. The van der Waals surface area contributed by atoms with E-state index in [0.717, 1.165) is 16.7 Å². The second kappa shape index (κ2) is 8.25. The number of carbonyl (C=O) groups excluding carboxylic acids is 2. The number of nitrogens with zero attached hydrogens (tertiary/aromatic N) is 1. The van der Waals surface area contributed by atoms with Crippen LogP contribution in [0, 0.1) is 0 Å². The minimum absolute atomic E-state index is 0.0158. The molecule has 1 heterocycles. The van der Waals surface area contributed by atoms with Crippen molar-refractivity contribution in [2.24, 2.45) is 0 Å². The molecule has 2 aromatic carbocycles. The molecule has 0 aromatic heterocycles. The van der Waals surface area contributed by atoms with Crippen LogP contribution in [-0.4, -0.2) is 30.3 Å². The Morgan fingerprint density at radius 1 is 1.04 bits per heavy atom. The summed E-state index contributed by atoms with van der Waals surface area (Å²) in [4.78, 5) is 26.5. The summed E-state index contributed by atoms with van der Waals surface area (Å²) in [5, 5.41) is 0.434. The number of hydrogen-bond acceptors (Lipinski definition) is 5. The Hall–Kier alpha value is -2.15. The fraction of sp³-hybridized carbons (Fsp3) is 0.158. The number of carbonyl (C=O) groups is 2. The van der Waals surface area contributed by atoms with Crippen LogP contribution in [0.3, 0.4) is 0 Å². The van der Waals surface area contributed by atoms with Crippen molar-refractivity contribution >= 4 is 52.2 Å². The molecule has 1 aliphatic heterocycles. The van der Waals surface area contributed by atoms with Crippen LogP contribution in [0.15, 0.2) is 41.3 Å². The molecule has 27 heavy (non-hydrogen) atoms. The van der Waals surface area contributed by atoms with Crippen molar-refractivity contribution < 1.29 is 19.1 Å². The molecule has 1 saturated heterocycles. The smallest absolute Gasteiger partial charge is 0.293 e. The highest BCUT2D eigenvalue weighted by Gasteiger charge is 2.35. The molecule has 2 aromatic rings. The SMILES string of the molecule is COc1cc(C=C2SC(=O)N(Cc3c(Cl)cccc3Cl)C2=O)cc(OC)c1. The third kappa shape index (κ3) is 4.24. The van der Waals surface area contributed by atoms with E-state index in [2.05, 4.69) is 0 Å². The van der Waals surface area contributed by atoms with Crippen LogP contribution in [0.4, 0.5) is 4.79 Å². The molecule has 0 N–H and O–H groups in total. The molecular formula is C19H15Cl2NO4S. The minimum Gasteiger partial charge on any atom is -0.497 e. The second-order valence-electron chi connectivity index (χ2n) is 5.61. The summed E-state index contributed by atoms with van der Waals surface area (Å²) in [6, 6.07) is 10.3. The summed E-state index contributed by atoms with van der Waals surface area (Å²) in [5.41, 5.74) is 1.22. The van der Waals surface area contributed by atoms with Gasteiger partial charge in [-0.1, -0.05) is 29.3 Å². The van der Waals surface area contributed by atoms with E-state index >= 15 is 0 Å². The lowest BCUT2D eigenvalue weighted by Gasteiger charge is -2.14. The van der Waals surface area contributed by atoms with Gasteiger partial charge >= 0.3 is 0 Å². The summed E-state index contributed by atoms with van der Waals surface area (Å²) < 4.78 is 10.5. The molecule has 1 fully saturated rings. The van der Waals surface area contributed by atoms with Gasteiger partial charge < -0.3 is 9.47 Å². The van der Waals surface area contributed by atoms with Crippen molar-refractivity contribution in [1.29, 1.82) is 0 Å². The van der Waals surface area contributed by atoms with Crippen LogP contribution in [0.2, 0.25) is 10.0 Å². The van der Waals surface area contributed by atoms with Gasteiger partial charge in [0.05, 0.1) is 25.7 Å². The van der Waals surface area contributed by atoms with Crippen molar-refractivity contribution in [2.45, 2.75) is 6.54 Å². The summed E-state index contributed by atoms with van der Waals surface area (Å²) >= 11 is 13.2. The fourth-order valence-electron chi connectivity index (χ4n) is 2.54. The first kappa shape index (κ1) is 19.6. The number of rotatable bonds is 5. The topological polar surface area (TPSA) is 55.8 Å². The highest BCUT2D eigenvalue weighted by Crippen LogP contribution is 2.36. The average Bonchev–Trinajstić information content (AvgIpc) is 2.91. The van der Waals surface area contributed by atoms with Crippen molar-refractivity contribution in [3.63, 3.8) is 0 Å². The Labute approximate surface area is 170 Å². The molecule has 140 valence electrons. The van der Waals surface area contributed by atoms with Crippen LogP contribution < -0.4 is 9.47 Å². The lowest BCUT2D eigenvalue weighted by molar-refractivity contribution is -0.123. The normalized spacial score (nSPS) is 15.6. The highest BCUT2D eigenvalue weighted by molar-refractivity contribution is 8.18. The third-order valence-electron chi connectivity index (χ3n) is 3.92. The quantitative estimate of drug-likeness (QED) is 0.614. The minimum atomic E-state index is -0.400. The van der Waals surface area contributed by atoms with Crippen LogP contribution in [0.1, 0.15) is 11.1 Å². The van der Waals surface area contributed by atoms with Crippen molar-refractivity contribution in [3.8, 4) is 11.5 Å². The van der Waals surface area contributed by atoms with Crippen LogP contribution in [0.25, 0.3) is 6.08 Å². The molecule has 0 bridgehead atoms. The van der Waals surface area contributed by atoms with Crippen molar-refractivity contribution in [1.82, 2.24) is 4.90 Å². The molecule has 0 unspecified atom stereocenters. The number of halogens is 2. The predicted octanol–water partition coefficient (Wildman–Crippen LogP) is 5.25. The van der Waals surface area contributed by atoms with E-state index < -0.39 is 5.91 Å². The summed E-state index contributed by atoms with van der Waals surface area (Å²) in [6.45, 7) is 0.0158. The van der Waals surface area contributed by atoms with E-state index in [4.69, 9.17) is 32.7 Å². The molecule has 8 heteroatoms. The Balaban J connectivity index is 1.89. The zero-order chi connectivity index (χ0) is 19.6.